The van der Waals surface area contributed by atoms with Crippen LogP contribution in [0.5, 0.6) is 11.5 Å². The fraction of sp³-hybridized carbons (Fsp3) is 0.219. The van der Waals surface area contributed by atoms with E-state index in [0.29, 0.717) is 38.5 Å². The molecule has 2 aromatic heterocycles. The first-order valence-electron chi connectivity index (χ1n) is 13.7. The Hall–Kier alpha value is -4.92. The van der Waals surface area contributed by atoms with Crippen molar-refractivity contribution in [3.8, 4) is 28.3 Å². The van der Waals surface area contributed by atoms with Crippen LogP contribution in [-0.2, 0) is 4.79 Å². The van der Waals surface area contributed by atoms with Crippen molar-refractivity contribution in [1.29, 1.82) is 0 Å². The first-order chi connectivity index (χ1) is 20.1. The fourth-order valence-electron chi connectivity index (χ4n) is 5.12. The number of ether oxygens (including phenoxy) is 2. The second-order valence-electron chi connectivity index (χ2n) is 9.71. The Balaban J connectivity index is 1.26. The molecule has 1 fully saturated rings. The van der Waals surface area contributed by atoms with E-state index in [-0.39, 0.29) is 18.3 Å². The van der Waals surface area contributed by atoms with Crippen LogP contribution in [0.1, 0.15) is 6.92 Å². The Morgan fingerprint density at radius 2 is 1.54 bits per heavy atom. The number of hydrogen-bond acceptors (Lipinski definition) is 6. The zero-order chi connectivity index (χ0) is 28.2. The van der Waals surface area contributed by atoms with Crippen LogP contribution in [0.25, 0.3) is 27.8 Å². The lowest BCUT2D eigenvalue weighted by molar-refractivity contribution is -0.133. The number of benzene rings is 3. The van der Waals surface area contributed by atoms with Crippen LogP contribution < -0.4 is 14.4 Å². The summed E-state index contributed by atoms with van der Waals surface area (Å²) in [7, 11) is 0. The lowest BCUT2D eigenvalue weighted by Gasteiger charge is -2.35. The van der Waals surface area contributed by atoms with E-state index in [4.69, 9.17) is 19.4 Å². The summed E-state index contributed by atoms with van der Waals surface area (Å²) < 4.78 is 26.4. The Bertz CT molecular complexity index is 1630. The summed E-state index contributed by atoms with van der Waals surface area (Å²) in [4.78, 5) is 26.3. The highest BCUT2D eigenvalue weighted by Gasteiger charge is 2.26. The van der Waals surface area contributed by atoms with Crippen molar-refractivity contribution >= 4 is 22.8 Å². The highest BCUT2D eigenvalue weighted by atomic mass is 19.1. The Morgan fingerprint density at radius 1 is 0.854 bits per heavy atom. The molecule has 5 aromatic rings. The third-order valence-corrected chi connectivity index (χ3v) is 7.18. The molecular weight excluding hydrogens is 521 g/mol. The van der Waals surface area contributed by atoms with E-state index < -0.39 is 0 Å². The average Bonchev–Trinajstić information content (AvgIpc) is 3.42. The van der Waals surface area contributed by atoms with E-state index in [1.165, 1.54) is 24.3 Å². The van der Waals surface area contributed by atoms with E-state index in [2.05, 4.69) is 27.8 Å². The summed E-state index contributed by atoms with van der Waals surface area (Å²) >= 11 is 0. The number of fused-ring (bicyclic) bond motifs is 1. The van der Waals surface area contributed by atoms with Crippen molar-refractivity contribution in [3.63, 3.8) is 0 Å². The SMILES string of the molecule is CCOc1ccc(-n2cc(-c3ccccc3)c3c(N4CCN(C(=O)COc5ccc(F)cc5)CC4)ncnc32)cc1. The number of carbonyl (C=O) groups is 1. The van der Waals surface area contributed by atoms with Crippen LogP contribution in [-0.4, -0.2) is 64.7 Å². The quantitative estimate of drug-likeness (QED) is 0.259. The van der Waals surface area contributed by atoms with Crippen LogP contribution in [0, 0.1) is 5.82 Å². The number of anilines is 1. The van der Waals surface area contributed by atoms with Gasteiger partial charge in [-0.25, -0.2) is 14.4 Å². The highest BCUT2D eigenvalue weighted by Crippen LogP contribution is 2.37. The minimum atomic E-state index is -0.344. The number of hydrogen-bond donors (Lipinski definition) is 0. The first kappa shape index (κ1) is 26.3. The molecular formula is C32H30FN5O3. The molecule has 8 nitrogen and oxygen atoms in total. The molecule has 0 atom stereocenters. The summed E-state index contributed by atoms with van der Waals surface area (Å²) in [5.74, 6) is 1.68. The third kappa shape index (κ3) is 5.56. The van der Waals surface area contributed by atoms with Crippen LogP contribution in [0.3, 0.4) is 0 Å². The zero-order valence-electron chi connectivity index (χ0n) is 22.7. The van der Waals surface area contributed by atoms with Crippen LogP contribution in [0.2, 0.25) is 0 Å². The van der Waals surface area contributed by atoms with Crippen LogP contribution >= 0.6 is 0 Å². The molecule has 0 N–H and O–H groups in total. The van der Waals surface area contributed by atoms with Crippen molar-refractivity contribution in [2.45, 2.75) is 6.92 Å². The number of aromatic nitrogens is 3. The molecule has 0 bridgehead atoms. The van der Waals surface area contributed by atoms with E-state index in [1.807, 2.05) is 49.4 Å². The van der Waals surface area contributed by atoms with Crippen LogP contribution in [0.15, 0.2) is 91.4 Å². The summed E-state index contributed by atoms with van der Waals surface area (Å²) in [5.41, 5.74) is 3.90. The minimum absolute atomic E-state index is 0.0908. The van der Waals surface area contributed by atoms with E-state index in [1.54, 1.807) is 11.2 Å². The van der Waals surface area contributed by atoms with Crippen molar-refractivity contribution < 1.29 is 18.7 Å². The van der Waals surface area contributed by atoms with Crippen molar-refractivity contribution in [2.24, 2.45) is 0 Å². The molecule has 3 heterocycles. The van der Waals surface area contributed by atoms with Gasteiger partial charge in [0.15, 0.2) is 12.3 Å². The highest BCUT2D eigenvalue weighted by molar-refractivity contribution is 6.02. The van der Waals surface area contributed by atoms with Crippen molar-refractivity contribution in [1.82, 2.24) is 19.4 Å². The Morgan fingerprint density at radius 3 is 2.24 bits per heavy atom. The molecule has 0 unspecified atom stereocenters. The molecule has 6 rings (SSSR count). The maximum Gasteiger partial charge on any atom is 0.260 e. The van der Waals surface area contributed by atoms with Gasteiger partial charge in [-0.15, -0.1) is 0 Å². The summed E-state index contributed by atoms with van der Waals surface area (Å²) in [6, 6.07) is 23.9. The molecule has 0 saturated carbocycles. The van der Waals surface area contributed by atoms with Crippen LogP contribution in [0.4, 0.5) is 10.2 Å². The molecule has 0 aliphatic carbocycles. The summed E-state index contributed by atoms with van der Waals surface area (Å²) in [5, 5.41) is 0.965. The normalized spacial score (nSPS) is 13.4. The first-order valence-corrected chi connectivity index (χ1v) is 13.7. The van der Waals surface area contributed by atoms with Gasteiger partial charge in [0.2, 0.25) is 0 Å². The van der Waals surface area contributed by atoms with Gasteiger partial charge >= 0.3 is 0 Å². The van der Waals surface area contributed by atoms with Gasteiger partial charge in [0, 0.05) is 43.6 Å². The predicted molar refractivity (Wildman–Crippen MR) is 156 cm³/mol. The molecule has 41 heavy (non-hydrogen) atoms. The molecule has 0 radical (unpaired) electrons. The zero-order valence-corrected chi connectivity index (χ0v) is 22.7. The van der Waals surface area contributed by atoms with Gasteiger partial charge in [0.1, 0.15) is 29.5 Å². The van der Waals surface area contributed by atoms with Gasteiger partial charge < -0.3 is 23.8 Å². The molecule has 3 aromatic carbocycles. The van der Waals surface area contributed by atoms with Crippen molar-refractivity contribution in [2.75, 3.05) is 44.3 Å². The van der Waals surface area contributed by atoms with Crippen molar-refractivity contribution in [3.05, 3.63) is 97.2 Å². The molecule has 1 saturated heterocycles. The number of carbonyl (C=O) groups excluding carboxylic acids is 1. The second kappa shape index (κ2) is 11.7. The maximum atomic E-state index is 13.1. The Labute approximate surface area is 237 Å². The second-order valence-corrected chi connectivity index (χ2v) is 9.71. The molecule has 1 amide bonds. The van der Waals surface area contributed by atoms with E-state index in [0.717, 1.165) is 39.4 Å². The van der Waals surface area contributed by atoms with Gasteiger partial charge in [0.25, 0.3) is 5.91 Å². The average molecular weight is 552 g/mol. The molecule has 1 aliphatic rings. The van der Waals surface area contributed by atoms with Gasteiger partial charge in [-0.3, -0.25) is 4.79 Å². The molecule has 9 heteroatoms. The van der Waals surface area contributed by atoms with E-state index >= 15 is 0 Å². The molecule has 0 spiro atoms. The molecule has 1 aliphatic heterocycles. The standard InChI is InChI=1S/C32H30FN5O3/c1-2-40-26-14-10-25(11-15-26)38-20-28(23-6-4-3-5-7-23)30-31(34-22-35-32(30)38)37-18-16-36(17-19-37)29(39)21-41-27-12-8-24(33)9-13-27/h3-15,20,22H,2,16-19,21H2,1H3. The van der Waals surface area contributed by atoms with Gasteiger partial charge in [-0.1, -0.05) is 30.3 Å². The number of piperazine rings is 1. The number of rotatable bonds is 8. The maximum absolute atomic E-state index is 13.1. The number of amides is 1. The monoisotopic (exact) mass is 551 g/mol. The lowest BCUT2D eigenvalue weighted by Crippen LogP contribution is -2.50. The van der Waals surface area contributed by atoms with E-state index in [9.17, 15) is 9.18 Å². The van der Waals surface area contributed by atoms with Gasteiger partial charge in [0.05, 0.1) is 12.0 Å². The third-order valence-electron chi connectivity index (χ3n) is 7.18. The summed E-state index contributed by atoms with van der Waals surface area (Å²) in [6.07, 6.45) is 3.71. The molecule has 208 valence electrons. The topological polar surface area (TPSA) is 72.7 Å². The fourth-order valence-corrected chi connectivity index (χ4v) is 5.12. The minimum Gasteiger partial charge on any atom is -0.494 e. The largest absolute Gasteiger partial charge is 0.494 e. The van der Waals surface area contributed by atoms with Gasteiger partial charge in [-0.05, 0) is 61.0 Å². The predicted octanol–water partition coefficient (Wildman–Crippen LogP) is 5.35. The number of halogens is 1. The number of nitrogens with zero attached hydrogens (tertiary/aromatic N) is 5. The Kier molecular flexibility index (Phi) is 7.49. The smallest absolute Gasteiger partial charge is 0.260 e. The lowest BCUT2D eigenvalue weighted by atomic mass is 10.1. The van der Waals surface area contributed by atoms with Gasteiger partial charge in [-0.2, -0.15) is 0 Å². The summed E-state index contributed by atoms with van der Waals surface area (Å²) in [6.45, 7) is 4.81.